The molecule has 0 bridgehead atoms. The fourth-order valence-corrected chi connectivity index (χ4v) is 8.04. The van der Waals surface area contributed by atoms with Gasteiger partial charge in [0.2, 0.25) is 0 Å². The Labute approximate surface area is 299 Å². The van der Waals surface area contributed by atoms with E-state index >= 15 is 0 Å². The SMILES string of the molecule is c1ccc(-n2c3ccccc3c3cc4c(cc32)c2ccccc2n4-c2cc(-c3ccc4ccccc4c3)nc(-c3ccc4ccccc4c3)n2)cc1. The van der Waals surface area contributed by atoms with Gasteiger partial charge in [0.25, 0.3) is 0 Å². The van der Waals surface area contributed by atoms with Crippen molar-refractivity contribution in [3.05, 3.63) is 182 Å². The fourth-order valence-electron chi connectivity index (χ4n) is 8.04. The van der Waals surface area contributed by atoms with Crippen LogP contribution >= 0.6 is 0 Å². The smallest absolute Gasteiger partial charge is 0.162 e. The summed E-state index contributed by atoms with van der Waals surface area (Å²) in [7, 11) is 0. The van der Waals surface area contributed by atoms with Crippen LogP contribution in [0.2, 0.25) is 0 Å². The number of hydrogen-bond acceptors (Lipinski definition) is 2. The first kappa shape index (κ1) is 28.8. The van der Waals surface area contributed by atoms with Gasteiger partial charge in [-0.25, -0.2) is 9.97 Å². The highest BCUT2D eigenvalue weighted by atomic mass is 15.1. The Kier molecular flexibility index (Phi) is 6.22. The van der Waals surface area contributed by atoms with E-state index in [0.29, 0.717) is 5.82 Å². The number of para-hydroxylation sites is 3. The van der Waals surface area contributed by atoms with Gasteiger partial charge in [0.1, 0.15) is 5.82 Å². The van der Waals surface area contributed by atoms with E-state index in [1.165, 1.54) is 48.7 Å². The van der Waals surface area contributed by atoms with Gasteiger partial charge in [0.05, 0.1) is 27.8 Å². The van der Waals surface area contributed by atoms with Crippen LogP contribution in [0.25, 0.3) is 99.3 Å². The summed E-state index contributed by atoms with van der Waals surface area (Å²) >= 11 is 0. The molecule has 0 N–H and O–H groups in total. The van der Waals surface area contributed by atoms with E-state index in [1.807, 2.05) is 0 Å². The molecule has 0 spiro atoms. The minimum absolute atomic E-state index is 0.694. The van der Waals surface area contributed by atoms with Gasteiger partial charge in [-0.1, -0.05) is 127 Å². The van der Waals surface area contributed by atoms with Crippen molar-refractivity contribution in [3.8, 4) is 34.2 Å². The van der Waals surface area contributed by atoms with Gasteiger partial charge in [-0.05, 0) is 70.1 Å². The number of aromatic nitrogens is 4. The Morgan fingerprint density at radius 3 is 1.52 bits per heavy atom. The second kappa shape index (κ2) is 11.2. The van der Waals surface area contributed by atoms with E-state index in [-0.39, 0.29) is 0 Å². The highest BCUT2D eigenvalue weighted by Crippen LogP contribution is 2.40. The Morgan fingerprint density at radius 2 is 0.846 bits per heavy atom. The van der Waals surface area contributed by atoms with Crippen molar-refractivity contribution < 1.29 is 0 Å². The molecule has 0 aliphatic heterocycles. The highest BCUT2D eigenvalue weighted by Gasteiger charge is 2.20. The Bertz CT molecular complexity index is 3090. The monoisotopic (exact) mass is 662 g/mol. The standard InChI is InChI=1S/C48H30N4/c1-2-16-37(17-3-1)51-43-20-10-8-18-38(43)40-29-46-41(28-45(40)51)39-19-9-11-21-44(39)52(46)47-30-42(35-24-22-31-12-4-6-14-33(31)26-35)49-48(50-47)36-25-23-32-13-5-7-15-34(32)27-36/h1-30H. The molecule has 52 heavy (non-hydrogen) atoms. The number of hydrogen-bond donors (Lipinski definition) is 0. The predicted molar refractivity (Wildman–Crippen MR) is 217 cm³/mol. The van der Waals surface area contributed by atoms with Crippen LogP contribution in [-0.2, 0) is 0 Å². The maximum Gasteiger partial charge on any atom is 0.162 e. The molecule has 0 radical (unpaired) electrons. The summed E-state index contributed by atoms with van der Waals surface area (Å²) in [5.74, 6) is 1.53. The molecule has 0 saturated carbocycles. The van der Waals surface area contributed by atoms with E-state index in [0.717, 1.165) is 44.7 Å². The molecule has 11 aromatic rings. The third-order valence-electron chi connectivity index (χ3n) is 10.5. The first-order chi connectivity index (χ1) is 25.8. The van der Waals surface area contributed by atoms with Gasteiger partial charge >= 0.3 is 0 Å². The van der Waals surface area contributed by atoms with Crippen LogP contribution in [0.3, 0.4) is 0 Å². The molecular formula is C48H30N4. The lowest BCUT2D eigenvalue weighted by molar-refractivity contribution is 1.05. The van der Waals surface area contributed by atoms with Gasteiger partial charge in [0, 0.05) is 44.4 Å². The molecule has 242 valence electrons. The fraction of sp³-hybridized carbons (Fsp3) is 0. The molecule has 0 unspecified atom stereocenters. The molecule has 0 fully saturated rings. The average molecular weight is 663 g/mol. The van der Waals surface area contributed by atoms with Crippen LogP contribution in [0.15, 0.2) is 182 Å². The summed E-state index contributed by atoms with van der Waals surface area (Å²) in [4.78, 5) is 10.6. The van der Waals surface area contributed by atoms with Crippen LogP contribution in [0.1, 0.15) is 0 Å². The molecule has 0 aliphatic carbocycles. The Hall–Kier alpha value is -7.04. The predicted octanol–water partition coefficient (Wildman–Crippen LogP) is 12.3. The van der Waals surface area contributed by atoms with Crippen molar-refractivity contribution in [2.75, 3.05) is 0 Å². The van der Waals surface area contributed by atoms with Crippen molar-refractivity contribution >= 4 is 65.2 Å². The molecule has 8 aromatic carbocycles. The van der Waals surface area contributed by atoms with Crippen molar-refractivity contribution in [3.63, 3.8) is 0 Å². The molecule has 0 saturated heterocycles. The minimum Gasteiger partial charge on any atom is -0.309 e. The second-order valence-electron chi connectivity index (χ2n) is 13.5. The molecular weight excluding hydrogens is 633 g/mol. The molecule has 11 rings (SSSR count). The van der Waals surface area contributed by atoms with Gasteiger partial charge in [-0.3, -0.25) is 4.57 Å². The lowest BCUT2D eigenvalue weighted by atomic mass is 10.0. The number of nitrogens with zero attached hydrogens (tertiary/aromatic N) is 4. The van der Waals surface area contributed by atoms with Crippen molar-refractivity contribution in [2.45, 2.75) is 0 Å². The number of fused-ring (bicyclic) bond motifs is 8. The van der Waals surface area contributed by atoms with Crippen molar-refractivity contribution in [1.82, 2.24) is 19.1 Å². The maximum absolute atomic E-state index is 5.38. The topological polar surface area (TPSA) is 35.6 Å². The summed E-state index contributed by atoms with van der Waals surface area (Å²) in [5.41, 5.74) is 8.64. The zero-order chi connectivity index (χ0) is 34.2. The lowest BCUT2D eigenvalue weighted by Gasteiger charge is -2.13. The molecule has 4 nitrogen and oxygen atoms in total. The highest BCUT2D eigenvalue weighted by molar-refractivity contribution is 6.19. The summed E-state index contributed by atoms with van der Waals surface area (Å²) in [6.07, 6.45) is 0. The lowest BCUT2D eigenvalue weighted by Crippen LogP contribution is -2.02. The van der Waals surface area contributed by atoms with Gasteiger partial charge < -0.3 is 4.57 Å². The zero-order valence-corrected chi connectivity index (χ0v) is 28.1. The molecule has 3 heterocycles. The summed E-state index contributed by atoms with van der Waals surface area (Å²) in [6.45, 7) is 0. The first-order valence-corrected chi connectivity index (χ1v) is 17.7. The van der Waals surface area contributed by atoms with E-state index in [2.05, 4.69) is 191 Å². The van der Waals surface area contributed by atoms with E-state index in [1.54, 1.807) is 0 Å². The summed E-state index contributed by atoms with van der Waals surface area (Å²) in [5, 5.41) is 9.53. The van der Waals surface area contributed by atoms with E-state index in [4.69, 9.17) is 9.97 Å². The van der Waals surface area contributed by atoms with Crippen LogP contribution in [0.5, 0.6) is 0 Å². The molecule has 0 amide bonds. The van der Waals surface area contributed by atoms with Crippen molar-refractivity contribution in [1.29, 1.82) is 0 Å². The maximum atomic E-state index is 5.38. The van der Waals surface area contributed by atoms with Gasteiger partial charge in [0.15, 0.2) is 5.82 Å². The molecule has 3 aromatic heterocycles. The first-order valence-electron chi connectivity index (χ1n) is 17.7. The quantitative estimate of drug-likeness (QED) is 0.188. The van der Waals surface area contributed by atoms with Crippen molar-refractivity contribution in [2.24, 2.45) is 0 Å². The molecule has 0 atom stereocenters. The van der Waals surface area contributed by atoms with E-state index < -0.39 is 0 Å². The van der Waals surface area contributed by atoms with Crippen LogP contribution in [0, 0.1) is 0 Å². The van der Waals surface area contributed by atoms with E-state index in [9.17, 15) is 0 Å². The van der Waals surface area contributed by atoms with Gasteiger partial charge in [-0.2, -0.15) is 0 Å². The van der Waals surface area contributed by atoms with Crippen LogP contribution in [-0.4, -0.2) is 19.1 Å². The Morgan fingerprint density at radius 1 is 0.327 bits per heavy atom. The van der Waals surface area contributed by atoms with Crippen LogP contribution < -0.4 is 0 Å². The second-order valence-corrected chi connectivity index (χ2v) is 13.5. The minimum atomic E-state index is 0.694. The molecule has 0 aliphatic rings. The Balaban J connectivity index is 1.23. The summed E-state index contributed by atoms with van der Waals surface area (Å²) < 4.78 is 4.71. The normalized spacial score (nSPS) is 11.8. The average Bonchev–Trinajstić information content (AvgIpc) is 3.71. The van der Waals surface area contributed by atoms with Gasteiger partial charge in [-0.15, -0.1) is 0 Å². The zero-order valence-electron chi connectivity index (χ0n) is 28.1. The molecule has 4 heteroatoms. The summed E-state index contributed by atoms with van der Waals surface area (Å²) in [6, 6.07) is 64.9. The number of benzene rings is 8. The third kappa shape index (κ3) is 4.41. The van der Waals surface area contributed by atoms with Crippen LogP contribution in [0.4, 0.5) is 0 Å². The third-order valence-corrected chi connectivity index (χ3v) is 10.5. The number of rotatable bonds is 4. The largest absolute Gasteiger partial charge is 0.309 e.